The summed E-state index contributed by atoms with van der Waals surface area (Å²) in [5.41, 5.74) is 3.39. The van der Waals surface area contributed by atoms with Gasteiger partial charge in [-0.25, -0.2) is 4.68 Å². The van der Waals surface area contributed by atoms with Gasteiger partial charge in [0.05, 0.1) is 5.52 Å². The summed E-state index contributed by atoms with van der Waals surface area (Å²) in [6, 6.07) is 7.02. The fraction of sp³-hybridized carbons (Fsp3) is 0.538. The Bertz CT molecular complexity index is 553. The molecule has 1 saturated heterocycles. The highest BCUT2D eigenvalue weighted by Crippen LogP contribution is 2.14. The molecule has 1 atom stereocenters. The zero-order valence-electron chi connectivity index (χ0n) is 11.3. The first-order chi connectivity index (χ1) is 8.72. The Balaban J connectivity index is 0.00000133. The van der Waals surface area contributed by atoms with Crippen molar-refractivity contribution in [3.8, 4) is 0 Å². The number of hydrogen-bond donors (Lipinski definition) is 1. The Kier molecular flexibility index (Phi) is 4.39. The number of fused-ring (bicyclic) bond motifs is 1. The van der Waals surface area contributed by atoms with Crippen molar-refractivity contribution in [2.75, 3.05) is 19.6 Å². The van der Waals surface area contributed by atoms with E-state index in [1.54, 1.807) is 0 Å². The van der Waals surface area contributed by atoms with Gasteiger partial charge in [0.15, 0.2) is 0 Å². The van der Waals surface area contributed by atoms with E-state index in [0.29, 0.717) is 6.04 Å². The van der Waals surface area contributed by atoms with Gasteiger partial charge in [-0.15, -0.1) is 17.5 Å². The SMILES string of the molecule is C[C@H]1CN(Cc2ccc3c(c2)nnn3C)CCN1.Cl. The molecule has 2 heterocycles. The van der Waals surface area contributed by atoms with Crippen LogP contribution in [0.4, 0.5) is 0 Å². The maximum absolute atomic E-state index is 4.17. The van der Waals surface area contributed by atoms with Crippen LogP contribution in [0.15, 0.2) is 18.2 Å². The van der Waals surface area contributed by atoms with Crippen LogP contribution < -0.4 is 5.32 Å². The average molecular weight is 282 g/mol. The van der Waals surface area contributed by atoms with Crippen LogP contribution in [0.2, 0.25) is 0 Å². The monoisotopic (exact) mass is 281 g/mol. The highest BCUT2D eigenvalue weighted by Gasteiger charge is 2.15. The fourth-order valence-corrected chi connectivity index (χ4v) is 2.60. The molecular weight excluding hydrogens is 262 g/mol. The van der Waals surface area contributed by atoms with Crippen molar-refractivity contribution in [3.05, 3.63) is 23.8 Å². The number of benzene rings is 1. The second kappa shape index (κ2) is 5.86. The number of aromatic nitrogens is 3. The van der Waals surface area contributed by atoms with E-state index in [-0.39, 0.29) is 12.4 Å². The van der Waals surface area contributed by atoms with E-state index < -0.39 is 0 Å². The molecule has 0 spiro atoms. The molecule has 5 nitrogen and oxygen atoms in total. The van der Waals surface area contributed by atoms with Crippen molar-refractivity contribution >= 4 is 23.4 Å². The topological polar surface area (TPSA) is 46.0 Å². The molecular formula is C13H20ClN5. The predicted octanol–water partition coefficient (Wildman–Crippen LogP) is 1.18. The molecule has 0 aliphatic carbocycles. The van der Waals surface area contributed by atoms with Gasteiger partial charge >= 0.3 is 0 Å². The molecule has 19 heavy (non-hydrogen) atoms. The average Bonchev–Trinajstić information content (AvgIpc) is 2.71. The van der Waals surface area contributed by atoms with Crippen LogP contribution in [0, 0.1) is 0 Å². The van der Waals surface area contributed by atoms with Crippen LogP contribution in [0.25, 0.3) is 11.0 Å². The van der Waals surface area contributed by atoms with Gasteiger partial charge < -0.3 is 5.32 Å². The van der Waals surface area contributed by atoms with Crippen molar-refractivity contribution < 1.29 is 0 Å². The van der Waals surface area contributed by atoms with E-state index >= 15 is 0 Å². The lowest BCUT2D eigenvalue weighted by atomic mass is 10.1. The summed E-state index contributed by atoms with van der Waals surface area (Å²) < 4.78 is 1.81. The molecule has 1 aliphatic heterocycles. The molecule has 1 aliphatic rings. The molecule has 6 heteroatoms. The van der Waals surface area contributed by atoms with Crippen LogP contribution >= 0.6 is 12.4 Å². The summed E-state index contributed by atoms with van der Waals surface area (Å²) in [5.74, 6) is 0. The van der Waals surface area contributed by atoms with Crippen molar-refractivity contribution in [1.82, 2.24) is 25.2 Å². The second-order valence-electron chi connectivity index (χ2n) is 5.13. The maximum Gasteiger partial charge on any atom is 0.113 e. The number of hydrogen-bond acceptors (Lipinski definition) is 4. The zero-order chi connectivity index (χ0) is 12.5. The summed E-state index contributed by atoms with van der Waals surface area (Å²) in [4.78, 5) is 2.48. The van der Waals surface area contributed by atoms with Crippen LogP contribution in [-0.2, 0) is 13.6 Å². The number of nitrogens with zero attached hydrogens (tertiary/aromatic N) is 4. The Morgan fingerprint density at radius 3 is 3.05 bits per heavy atom. The summed E-state index contributed by atoms with van der Waals surface area (Å²) in [5, 5.41) is 11.7. The molecule has 1 aromatic carbocycles. The first-order valence-corrected chi connectivity index (χ1v) is 6.46. The lowest BCUT2D eigenvalue weighted by Crippen LogP contribution is -2.48. The zero-order valence-corrected chi connectivity index (χ0v) is 12.2. The van der Waals surface area contributed by atoms with Gasteiger partial charge in [-0.2, -0.15) is 0 Å². The fourth-order valence-electron chi connectivity index (χ4n) is 2.60. The van der Waals surface area contributed by atoms with Gasteiger partial charge in [-0.3, -0.25) is 4.90 Å². The maximum atomic E-state index is 4.17. The van der Waals surface area contributed by atoms with Crippen molar-refractivity contribution in [3.63, 3.8) is 0 Å². The molecule has 3 rings (SSSR count). The predicted molar refractivity (Wildman–Crippen MR) is 78.5 cm³/mol. The van der Waals surface area contributed by atoms with E-state index in [0.717, 1.165) is 37.2 Å². The minimum atomic E-state index is 0. The first-order valence-electron chi connectivity index (χ1n) is 6.46. The minimum absolute atomic E-state index is 0. The summed E-state index contributed by atoms with van der Waals surface area (Å²) in [7, 11) is 1.92. The Morgan fingerprint density at radius 1 is 1.42 bits per heavy atom. The number of rotatable bonds is 2. The molecule has 1 N–H and O–H groups in total. The largest absolute Gasteiger partial charge is 0.312 e. The molecule has 0 radical (unpaired) electrons. The highest BCUT2D eigenvalue weighted by molar-refractivity contribution is 5.85. The second-order valence-corrected chi connectivity index (χ2v) is 5.13. The molecule has 2 aromatic rings. The normalized spacial score (nSPS) is 20.4. The van der Waals surface area contributed by atoms with E-state index in [9.17, 15) is 0 Å². The minimum Gasteiger partial charge on any atom is -0.312 e. The van der Waals surface area contributed by atoms with Crippen LogP contribution in [0.1, 0.15) is 12.5 Å². The van der Waals surface area contributed by atoms with E-state index in [1.807, 2.05) is 11.7 Å². The van der Waals surface area contributed by atoms with Gasteiger partial charge in [0, 0.05) is 39.3 Å². The van der Waals surface area contributed by atoms with E-state index in [4.69, 9.17) is 0 Å². The third-order valence-electron chi connectivity index (χ3n) is 3.53. The molecule has 0 amide bonds. The molecule has 0 saturated carbocycles. The van der Waals surface area contributed by atoms with Crippen molar-refractivity contribution in [2.45, 2.75) is 19.5 Å². The smallest absolute Gasteiger partial charge is 0.113 e. The molecule has 1 aromatic heterocycles. The lowest BCUT2D eigenvalue weighted by Gasteiger charge is -2.31. The van der Waals surface area contributed by atoms with E-state index in [2.05, 4.69) is 45.7 Å². The van der Waals surface area contributed by atoms with Gasteiger partial charge in [-0.05, 0) is 24.6 Å². The standard InChI is InChI=1S/C13H19N5.ClH/c1-10-8-18(6-5-14-10)9-11-3-4-13-12(7-11)15-16-17(13)2;/h3-4,7,10,14H,5-6,8-9H2,1-2H3;1H/t10-;/m0./s1. The third kappa shape index (κ3) is 3.05. The summed E-state index contributed by atoms with van der Waals surface area (Å²) in [6.07, 6.45) is 0. The number of nitrogens with one attached hydrogen (secondary N) is 1. The lowest BCUT2D eigenvalue weighted by molar-refractivity contribution is 0.200. The number of piperazine rings is 1. The van der Waals surface area contributed by atoms with Crippen molar-refractivity contribution in [1.29, 1.82) is 0 Å². The van der Waals surface area contributed by atoms with Crippen LogP contribution in [0.5, 0.6) is 0 Å². The first kappa shape index (κ1) is 14.2. The van der Waals surface area contributed by atoms with Gasteiger partial charge in [0.25, 0.3) is 0 Å². The van der Waals surface area contributed by atoms with Crippen molar-refractivity contribution in [2.24, 2.45) is 7.05 Å². The molecule has 0 unspecified atom stereocenters. The van der Waals surface area contributed by atoms with Crippen LogP contribution in [-0.4, -0.2) is 45.6 Å². The Labute approximate surface area is 119 Å². The summed E-state index contributed by atoms with van der Waals surface area (Å²) in [6.45, 7) is 6.53. The van der Waals surface area contributed by atoms with E-state index in [1.165, 1.54) is 5.56 Å². The number of aryl methyl sites for hydroxylation is 1. The highest BCUT2D eigenvalue weighted by atomic mass is 35.5. The Morgan fingerprint density at radius 2 is 2.26 bits per heavy atom. The number of halogens is 1. The van der Waals surface area contributed by atoms with Crippen LogP contribution in [0.3, 0.4) is 0 Å². The van der Waals surface area contributed by atoms with Gasteiger partial charge in [0.1, 0.15) is 5.52 Å². The third-order valence-corrected chi connectivity index (χ3v) is 3.53. The molecule has 0 bridgehead atoms. The molecule has 1 fully saturated rings. The summed E-state index contributed by atoms with van der Waals surface area (Å²) >= 11 is 0. The van der Waals surface area contributed by atoms with Gasteiger partial charge in [-0.1, -0.05) is 11.3 Å². The molecule has 104 valence electrons. The quantitative estimate of drug-likeness (QED) is 0.898. The Hall–Kier alpha value is -1.17. The van der Waals surface area contributed by atoms with Gasteiger partial charge in [0.2, 0.25) is 0 Å².